The van der Waals surface area contributed by atoms with Crippen molar-refractivity contribution in [1.82, 2.24) is 9.97 Å². The van der Waals surface area contributed by atoms with Crippen LogP contribution >= 0.6 is 0 Å². The van der Waals surface area contributed by atoms with Crippen molar-refractivity contribution in [3.63, 3.8) is 0 Å². The van der Waals surface area contributed by atoms with Crippen molar-refractivity contribution in [2.24, 2.45) is 0 Å². The van der Waals surface area contributed by atoms with Gasteiger partial charge in [-0.05, 0) is 96.1 Å². The van der Waals surface area contributed by atoms with Gasteiger partial charge in [0.05, 0.1) is 17.1 Å². The van der Waals surface area contributed by atoms with E-state index in [4.69, 9.17) is 9.97 Å². The Labute approximate surface area is 352 Å². The summed E-state index contributed by atoms with van der Waals surface area (Å²) in [6, 6.07) is 79.0. The minimum Gasteiger partial charge on any atom is -0.310 e. The molecule has 0 atom stereocenters. The van der Waals surface area contributed by atoms with Crippen LogP contribution in [0.2, 0.25) is 0 Å². The maximum atomic E-state index is 5.40. The smallest absolute Gasteiger partial charge is 0.162 e. The molecule has 0 amide bonds. The molecule has 5 nitrogen and oxygen atoms in total. The lowest BCUT2D eigenvalue weighted by molar-refractivity contribution is 0.631. The Balaban J connectivity index is 1.23. The predicted molar refractivity (Wildman–Crippen MR) is 249 cm³/mol. The number of nitrogens with zero attached hydrogens (tertiary/aromatic N) is 5. The molecule has 288 valence electrons. The zero-order valence-corrected chi connectivity index (χ0v) is 33.6. The lowest BCUT2D eigenvalue weighted by atomic mass is 9.73. The first-order valence-electron chi connectivity index (χ1n) is 20.4. The van der Waals surface area contributed by atoms with Crippen molar-refractivity contribution >= 4 is 51.3 Å². The zero-order chi connectivity index (χ0) is 40.5. The molecule has 5 heteroatoms. The van der Waals surface area contributed by atoms with Crippen molar-refractivity contribution in [3.8, 4) is 22.6 Å². The van der Waals surface area contributed by atoms with Gasteiger partial charge in [-0.25, -0.2) is 9.97 Å². The lowest BCUT2D eigenvalue weighted by Gasteiger charge is -2.43. The molecule has 1 aliphatic rings. The maximum Gasteiger partial charge on any atom is 0.162 e. The van der Waals surface area contributed by atoms with Crippen LogP contribution in [-0.2, 0) is 5.41 Å². The van der Waals surface area contributed by atoms with Crippen LogP contribution in [0.5, 0.6) is 0 Å². The number of rotatable bonds is 9. The number of benzene rings is 8. The van der Waals surface area contributed by atoms with Gasteiger partial charge in [0.15, 0.2) is 5.82 Å². The van der Waals surface area contributed by atoms with E-state index in [2.05, 4.69) is 229 Å². The lowest BCUT2D eigenvalue weighted by Crippen LogP contribution is -2.31. The second kappa shape index (κ2) is 15.5. The third-order valence-electron chi connectivity index (χ3n) is 11.4. The summed E-state index contributed by atoms with van der Waals surface area (Å²) in [5.41, 5.74) is 13.5. The summed E-state index contributed by atoms with van der Waals surface area (Å²) in [7, 11) is 0. The van der Waals surface area contributed by atoms with Gasteiger partial charge in [0.2, 0.25) is 0 Å². The van der Waals surface area contributed by atoms with Gasteiger partial charge in [0, 0.05) is 56.7 Å². The van der Waals surface area contributed by atoms with Gasteiger partial charge in [-0.3, -0.25) is 4.90 Å². The molecule has 0 bridgehead atoms. The van der Waals surface area contributed by atoms with E-state index >= 15 is 0 Å². The Kier molecular flexibility index (Phi) is 9.47. The summed E-state index contributed by atoms with van der Waals surface area (Å²) in [5.74, 6) is 1.47. The van der Waals surface area contributed by atoms with Gasteiger partial charge in [-0.1, -0.05) is 147 Å². The fraction of sp³-hybridized carbons (Fsp3) is 0.0545. The molecule has 60 heavy (non-hydrogen) atoms. The van der Waals surface area contributed by atoms with Gasteiger partial charge >= 0.3 is 0 Å². The molecule has 0 aliphatic carbocycles. The summed E-state index contributed by atoms with van der Waals surface area (Å²) in [5, 5.41) is 0. The summed E-state index contributed by atoms with van der Waals surface area (Å²) in [4.78, 5) is 17.6. The van der Waals surface area contributed by atoms with E-state index in [9.17, 15) is 0 Å². The first kappa shape index (κ1) is 36.6. The standard InChI is InChI=1S/C55H43N5/c1-55(2)48-37-46(58(42-25-13-5-14-26-42)43-27-15-6-16-28-43)33-35-51(48)60(53-39-50(40-21-9-3-10-22-40)56-54(57-53)41-23-11-4-12-24-41)52-36-34-47(38-49(52)55)59(44-29-17-7-18-30-44)45-31-19-8-20-32-45/h3-39H,1-2H3. The molecule has 9 aromatic rings. The fourth-order valence-electron chi connectivity index (χ4n) is 8.46. The largest absolute Gasteiger partial charge is 0.310 e. The second-order valence-electron chi connectivity index (χ2n) is 15.5. The van der Waals surface area contributed by atoms with E-state index in [1.165, 1.54) is 11.1 Å². The molecular formula is C55H43N5. The highest BCUT2D eigenvalue weighted by Gasteiger charge is 2.39. The average Bonchev–Trinajstić information content (AvgIpc) is 3.31. The van der Waals surface area contributed by atoms with E-state index in [0.29, 0.717) is 5.82 Å². The highest BCUT2D eigenvalue weighted by Crippen LogP contribution is 2.55. The van der Waals surface area contributed by atoms with Crippen LogP contribution in [0.25, 0.3) is 22.6 Å². The van der Waals surface area contributed by atoms with Crippen LogP contribution in [0.1, 0.15) is 25.0 Å². The van der Waals surface area contributed by atoms with Gasteiger partial charge in [-0.15, -0.1) is 0 Å². The number of para-hydroxylation sites is 4. The highest BCUT2D eigenvalue weighted by atomic mass is 15.2. The number of aromatic nitrogens is 2. The molecule has 0 saturated heterocycles. The summed E-state index contributed by atoms with van der Waals surface area (Å²) in [6.07, 6.45) is 0. The quantitative estimate of drug-likeness (QED) is 0.146. The second-order valence-corrected chi connectivity index (χ2v) is 15.5. The average molecular weight is 774 g/mol. The van der Waals surface area contributed by atoms with Crippen molar-refractivity contribution in [2.75, 3.05) is 14.7 Å². The maximum absolute atomic E-state index is 5.40. The topological polar surface area (TPSA) is 35.5 Å². The van der Waals surface area contributed by atoms with Gasteiger partial charge < -0.3 is 9.80 Å². The molecule has 0 unspecified atom stereocenters. The van der Waals surface area contributed by atoms with Gasteiger partial charge in [-0.2, -0.15) is 0 Å². The van der Waals surface area contributed by atoms with Crippen LogP contribution in [0, 0.1) is 0 Å². The Morgan fingerprint density at radius 2 is 0.733 bits per heavy atom. The molecular weight excluding hydrogens is 731 g/mol. The number of hydrogen-bond donors (Lipinski definition) is 0. The van der Waals surface area contributed by atoms with E-state index in [-0.39, 0.29) is 0 Å². The first-order chi connectivity index (χ1) is 29.5. The van der Waals surface area contributed by atoms with Crippen molar-refractivity contribution < 1.29 is 0 Å². The fourth-order valence-corrected chi connectivity index (χ4v) is 8.46. The molecule has 8 aromatic carbocycles. The molecule has 10 rings (SSSR count). The molecule has 1 aromatic heterocycles. The monoisotopic (exact) mass is 773 g/mol. The zero-order valence-electron chi connectivity index (χ0n) is 33.6. The predicted octanol–water partition coefficient (Wildman–Crippen LogP) is 14.9. The first-order valence-corrected chi connectivity index (χ1v) is 20.4. The highest BCUT2D eigenvalue weighted by molar-refractivity contribution is 5.91. The van der Waals surface area contributed by atoms with Crippen LogP contribution < -0.4 is 14.7 Å². The van der Waals surface area contributed by atoms with Crippen LogP contribution in [0.3, 0.4) is 0 Å². The Hall–Kier alpha value is -7.76. The number of hydrogen-bond acceptors (Lipinski definition) is 5. The Bertz CT molecular complexity index is 2610. The Morgan fingerprint density at radius 1 is 0.367 bits per heavy atom. The third-order valence-corrected chi connectivity index (χ3v) is 11.4. The minimum absolute atomic E-state index is 0.428. The summed E-state index contributed by atoms with van der Waals surface area (Å²) >= 11 is 0. The SMILES string of the molecule is CC1(C)c2cc(N(c3ccccc3)c3ccccc3)ccc2N(c2cc(-c3ccccc3)nc(-c3ccccc3)n2)c2ccc(N(c3ccccc3)c3ccccc3)cc21. The Morgan fingerprint density at radius 3 is 1.13 bits per heavy atom. The van der Waals surface area contributed by atoms with Crippen LogP contribution in [0.15, 0.2) is 224 Å². The molecule has 0 radical (unpaired) electrons. The van der Waals surface area contributed by atoms with Gasteiger partial charge in [0.1, 0.15) is 5.82 Å². The van der Waals surface area contributed by atoms with E-state index in [0.717, 1.165) is 68.1 Å². The summed E-state index contributed by atoms with van der Waals surface area (Å²) < 4.78 is 0. The van der Waals surface area contributed by atoms with Crippen molar-refractivity contribution in [3.05, 3.63) is 236 Å². The van der Waals surface area contributed by atoms with E-state index < -0.39 is 5.41 Å². The molecule has 0 saturated carbocycles. The molecule has 0 spiro atoms. The normalized spacial score (nSPS) is 12.6. The van der Waals surface area contributed by atoms with Crippen molar-refractivity contribution in [2.45, 2.75) is 19.3 Å². The molecule has 0 fully saturated rings. The van der Waals surface area contributed by atoms with Crippen molar-refractivity contribution in [1.29, 1.82) is 0 Å². The van der Waals surface area contributed by atoms with E-state index in [1.807, 2.05) is 24.3 Å². The number of anilines is 9. The minimum atomic E-state index is -0.428. The van der Waals surface area contributed by atoms with Crippen LogP contribution in [0.4, 0.5) is 51.3 Å². The third kappa shape index (κ3) is 6.76. The molecule has 2 heterocycles. The molecule has 1 aliphatic heterocycles. The summed E-state index contributed by atoms with van der Waals surface area (Å²) in [6.45, 7) is 4.70. The van der Waals surface area contributed by atoms with Crippen LogP contribution in [-0.4, -0.2) is 9.97 Å². The molecule has 0 N–H and O–H groups in total. The number of fused-ring (bicyclic) bond motifs is 2. The van der Waals surface area contributed by atoms with Gasteiger partial charge in [0.25, 0.3) is 0 Å². The van der Waals surface area contributed by atoms with E-state index in [1.54, 1.807) is 0 Å².